The van der Waals surface area contributed by atoms with Gasteiger partial charge in [0.05, 0.1) is 38.2 Å². The molecule has 2 aliphatic rings. The molecule has 2 aromatic rings. The molecule has 0 spiro atoms. The maximum atomic E-state index is 13.8. The summed E-state index contributed by atoms with van der Waals surface area (Å²) in [4.78, 5) is 29.0. The number of ether oxygens (including phenoxy) is 3. The van der Waals surface area contributed by atoms with E-state index in [0.29, 0.717) is 43.1 Å². The minimum atomic E-state index is -0.527. The summed E-state index contributed by atoms with van der Waals surface area (Å²) in [5, 5.41) is 6.57. The van der Waals surface area contributed by atoms with E-state index in [-0.39, 0.29) is 23.7 Å². The molecule has 1 amide bonds. The van der Waals surface area contributed by atoms with Crippen molar-refractivity contribution in [2.45, 2.75) is 39.2 Å². The van der Waals surface area contributed by atoms with Gasteiger partial charge < -0.3 is 29.7 Å². The fourth-order valence-electron chi connectivity index (χ4n) is 5.25. The molecule has 1 atom stereocenters. The number of nitrogens with zero attached hydrogens (tertiary/aromatic N) is 1. The second-order valence-electron chi connectivity index (χ2n) is 10.3. The van der Waals surface area contributed by atoms with Gasteiger partial charge in [-0.25, -0.2) is 0 Å². The number of hydrogen-bond donors (Lipinski definition) is 2. The van der Waals surface area contributed by atoms with Crippen molar-refractivity contribution in [3.05, 3.63) is 59.3 Å². The van der Waals surface area contributed by atoms with Gasteiger partial charge in [-0.1, -0.05) is 26.0 Å². The number of allylic oxidation sites excluding steroid dienone is 1. The number of rotatable bonds is 9. The van der Waals surface area contributed by atoms with Crippen molar-refractivity contribution in [3.63, 3.8) is 0 Å². The summed E-state index contributed by atoms with van der Waals surface area (Å²) in [6.45, 7) is 5.38. The summed E-state index contributed by atoms with van der Waals surface area (Å²) >= 11 is 0. The van der Waals surface area contributed by atoms with Crippen LogP contribution in [0.3, 0.4) is 0 Å². The highest BCUT2D eigenvalue weighted by atomic mass is 16.5. The Kier molecular flexibility index (Phi) is 8.07. The lowest BCUT2D eigenvalue weighted by Gasteiger charge is -2.38. The zero-order valence-electron chi connectivity index (χ0n) is 22.3. The number of nitrogens with one attached hydrogen (secondary N) is 2. The monoisotopic (exact) mass is 507 g/mol. The average Bonchev–Trinajstić information content (AvgIpc) is 3.00. The lowest BCUT2D eigenvalue weighted by atomic mass is 9.73. The average molecular weight is 508 g/mol. The third-order valence-corrected chi connectivity index (χ3v) is 6.90. The minimum Gasteiger partial charge on any atom is -0.497 e. The molecule has 8 heteroatoms. The van der Waals surface area contributed by atoms with Gasteiger partial charge in [-0.3, -0.25) is 9.59 Å². The fourth-order valence-corrected chi connectivity index (χ4v) is 5.25. The Balaban J connectivity index is 1.87. The largest absolute Gasteiger partial charge is 0.497 e. The highest BCUT2D eigenvalue weighted by Crippen LogP contribution is 2.49. The number of fused-ring (bicyclic) bond motifs is 1. The van der Waals surface area contributed by atoms with Gasteiger partial charge in [0, 0.05) is 49.6 Å². The standard InChI is InChI=1S/C29H37N3O5/c1-29(2)16-22-27(24(33)17-29)28(20-12-11-19(36-4)15-25(20)37-5)32(18-26(34)30-13-8-14-35-3)23-10-7-6-9-21(23)31-22/h6-7,9-12,15,28,31H,8,13-14,16-18H2,1-5H3,(H,30,34). The normalized spacial score (nSPS) is 18.4. The first kappa shape index (κ1) is 26.5. The number of ketones is 1. The molecule has 1 heterocycles. The molecule has 0 saturated carbocycles. The number of methoxy groups -OCH3 is 3. The quantitative estimate of drug-likeness (QED) is 0.484. The first-order chi connectivity index (χ1) is 17.8. The molecular formula is C29H37N3O5. The molecule has 8 nitrogen and oxygen atoms in total. The van der Waals surface area contributed by atoms with Gasteiger partial charge in [0.25, 0.3) is 0 Å². The first-order valence-electron chi connectivity index (χ1n) is 12.6. The molecule has 1 aliphatic carbocycles. The van der Waals surface area contributed by atoms with Crippen molar-refractivity contribution < 1.29 is 23.8 Å². The topological polar surface area (TPSA) is 89.1 Å². The summed E-state index contributed by atoms with van der Waals surface area (Å²) < 4.78 is 16.3. The van der Waals surface area contributed by atoms with E-state index in [0.717, 1.165) is 29.1 Å². The lowest BCUT2D eigenvalue weighted by molar-refractivity contribution is -0.120. The molecule has 2 N–H and O–H groups in total. The van der Waals surface area contributed by atoms with Crippen LogP contribution in [-0.4, -0.2) is 52.7 Å². The third-order valence-electron chi connectivity index (χ3n) is 6.90. The second-order valence-corrected chi connectivity index (χ2v) is 10.3. The molecular weight excluding hydrogens is 470 g/mol. The van der Waals surface area contributed by atoms with Crippen molar-refractivity contribution in [1.29, 1.82) is 0 Å². The van der Waals surface area contributed by atoms with E-state index >= 15 is 0 Å². The summed E-state index contributed by atoms with van der Waals surface area (Å²) in [6.07, 6.45) is 1.86. The van der Waals surface area contributed by atoms with Crippen molar-refractivity contribution in [2.24, 2.45) is 5.41 Å². The van der Waals surface area contributed by atoms with E-state index in [1.807, 2.05) is 47.4 Å². The molecule has 0 fully saturated rings. The zero-order chi connectivity index (χ0) is 26.6. The van der Waals surface area contributed by atoms with E-state index in [1.54, 1.807) is 21.3 Å². The summed E-state index contributed by atoms with van der Waals surface area (Å²) in [5.74, 6) is 1.19. The van der Waals surface area contributed by atoms with Crippen LogP contribution in [0.4, 0.5) is 11.4 Å². The first-order valence-corrected chi connectivity index (χ1v) is 12.6. The van der Waals surface area contributed by atoms with Crippen LogP contribution < -0.4 is 25.0 Å². The number of anilines is 2. The van der Waals surface area contributed by atoms with E-state index in [1.165, 1.54) is 0 Å². The van der Waals surface area contributed by atoms with Gasteiger partial charge in [0.15, 0.2) is 5.78 Å². The number of benzene rings is 2. The summed E-state index contributed by atoms with van der Waals surface area (Å²) in [6, 6.07) is 13.0. The number of carbonyl (C=O) groups is 2. The van der Waals surface area contributed by atoms with E-state index < -0.39 is 6.04 Å². The Labute approximate surface area is 219 Å². The van der Waals surface area contributed by atoms with Crippen LogP contribution in [0.25, 0.3) is 0 Å². The van der Waals surface area contributed by atoms with E-state index in [9.17, 15) is 9.59 Å². The van der Waals surface area contributed by atoms with Crippen molar-refractivity contribution >= 4 is 23.1 Å². The Morgan fingerprint density at radius 1 is 1.11 bits per heavy atom. The van der Waals surface area contributed by atoms with Gasteiger partial charge >= 0.3 is 0 Å². The summed E-state index contributed by atoms with van der Waals surface area (Å²) in [7, 11) is 4.85. The molecule has 1 unspecified atom stereocenters. The van der Waals surface area contributed by atoms with Gasteiger partial charge in [0.2, 0.25) is 5.91 Å². The van der Waals surface area contributed by atoms with Gasteiger partial charge in [0.1, 0.15) is 11.5 Å². The molecule has 198 valence electrons. The second kappa shape index (κ2) is 11.3. The minimum absolute atomic E-state index is 0.0684. The third kappa shape index (κ3) is 5.74. The van der Waals surface area contributed by atoms with Crippen LogP contribution in [0.1, 0.15) is 44.7 Å². The molecule has 0 radical (unpaired) electrons. The Hall–Kier alpha value is -3.52. The van der Waals surface area contributed by atoms with Crippen LogP contribution in [0, 0.1) is 5.41 Å². The Bertz CT molecular complexity index is 1190. The van der Waals surface area contributed by atoms with Crippen LogP contribution in [0.5, 0.6) is 11.5 Å². The number of carbonyl (C=O) groups excluding carboxylic acids is 2. The predicted molar refractivity (Wildman–Crippen MR) is 144 cm³/mol. The van der Waals surface area contributed by atoms with Crippen LogP contribution >= 0.6 is 0 Å². The predicted octanol–water partition coefficient (Wildman–Crippen LogP) is 4.47. The maximum absolute atomic E-state index is 13.8. The molecule has 2 aromatic carbocycles. The molecule has 1 aliphatic heterocycles. The van der Waals surface area contributed by atoms with E-state index in [2.05, 4.69) is 24.5 Å². The Morgan fingerprint density at radius 3 is 2.62 bits per heavy atom. The van der Waals surface area contributed by atoms with Gasteiger partial charge in [-0.15, -0.1) is 0 Å². The lowest BCUT2D eigenvalue weighted by Crippen LogP contribution is -2.42. The smallest absolute Gasteiger partial charge is 0.239 e. The van der Waals surface area contributed by atoms with Crippen molar-refractivity contribution in [2.75, 3.05) is 51.2 Å². The number of hydrogen-bond acceptors (Lipinski definition) is 7. The highest BCUT2D eigenvalue weighted by Gasteiger charge is 2.42. The molecule has 0 bridgehead atoms. The van der Waals surface area contributed by atoms with Gasteiger partial charge in [-0.2, -0.15) is 0 Å². The highest BCUT2D eigenvalue weighted by molar-refractivity contribution is 6.02. The zero-order valence-corrected chi connectivity index (χ0v) is 22.3. The number of amides is 1. The van der Waals surface area contributed by atoms with Crippen molar-refractivity contribution in [1.82, 2.24) is 5.32 Å². The maximum Gasteiger partial charge on any atom is 0.239 e. The Morgan fingerprint density at radius 2 is 1.89 bits per heavy atom. The van der Waals surface area contributed by atoms with Crippen LogP contribution in [-0.2, 0) is 14.3 Å². The van der Waals surface area contributed by atoms with Crippen LogP contribution in [0.2, 0.25) is 0 Å². The van der Waals surface area contributed by atoms with Crippen molar-refractivity contribution in [3.8, 4) is 11.5 Å². The van der Waals surface area contributed by atoms with Crippen LogP contribution in [0.15, 0.2) is 53.7 Å². The summed E-state index contributed by atoms with van der Waals surface area (Å²) in [5.41, 5.74) is 3.89. The molecule has 0 aromatic heterocycles. The van der Waals surface area contributed by atoms with E-state index in [4.69, 9.17) is 14.2 Å². The molecule has 4 rings (SSSR count). The number of Topliss-reactive ketones (excluding diaryl/α,β-unsaturated/α-hetero) is 1. The molecule has 0 saturated heterocycles. The SMILES string of the molecule is COCCCNC(=O)CN1c2ccccc2NC2=C(C(=O)CC(C)(C)C2)C1c1ccc(OC)cc1OC. The van der Waals surface area contributed by atoms with Gasteiger partial charge in [-0.05, 0) is 42.5 Å². The molecule has 37 heavy (non-hydrogen) atoms. The number of para-hydroxylation sites is 2. The fraction of sp³-hybridized carbons (Fsp3) is 0.448.